The van der Waals surface area contributed by atoms with Gasteiger partial charge in [0.25, 0.3) is 5.91 Å². The number of fused-ring (bicyclic) bond motifs is 2. The van der Waals surface area contributed by atoms with Gasteiger partial charge in [0.15, 0.2) is 0 Å². The molecule has 1 N–H and O–H groups in total. The second-order valence-corrected chi connectivity index (χ2v) is 5.41. The van der Waals surface area contributed by atoms with E-state index in [0.717, 1.165) is 29.6 Å². The van der Waals surface area contributed by atoms with E-state index in [4.69, 9.17) is 0 Å². The predicted molar refractivity (Wildman–Crippen MR) is 79.0 cm³/mol. The zero-order valence-corrected chi connectivity index (χ0v) is 11.1. The van der Waals surface area contributed by atoms with Gasteiger partial charge in [-0.25, -0.2) is 0 Å². The first-order chi connectivity index (χ1) is 9.83. The van der Waals surface area contributed by atoms with Crippen molar-refractivity contribution >= 4 is 5.91 Å². The van der Waals surface area contributed by atoms with Crippen LogP contribution in [0.5, 0.6) is 0 Å². The van der Waals surface area contributed by atoms with Crippen LogP contribution in [0.25, 0.3) is 0 Å². The third kappa shape index (κ3) is 1.68. The Morgan fingerprint density at radius 2 is 2.05 bits per heavy atom. The van der Waals surface area contributed by atoms with Crippen molar-refractivity contribution in [1.82, 2.24) is 5.32 Å². The maximum Gasteiger partial charge on any atom is 0.252 e. The second kappa shape index (κ2) is 4.34. The predicted octanol–water partition coefficient (Wildman–Crippen LogP) is 3.15. The smallest absolute Gasteiger partial charge is 0.252 e. The highest BCUT2D eigenvalue weighted by Gasteiger charge is 2.26. The number of amides is 1. The molecule has 3 aliphatic rings. The molecule has 2 nitrogen and oxygen atoms in total. The first kappa shape index (κ1) is 11.5. The van der Waals surface area contributed by atoms with Gasteiger partial charge in [-0.15, -0.1) is 0 Å². The van der Waals surface area contributed by atoms with Crippen molar-refractivity contribution < 1.29 is 4.79 Å². The highest BCUT2D eigenvalue weighted by atomic mass is 16.1. The Balaban J connectivity index is 1.58. The van der Waals surface area contributed by atoms with Crippen molar-refractivity contribution in [2.75, 3.05) is 0 Å². The maximum absolute atomic E-state index is 12.5. The van der Waals surface area contributed by atoms with Gasteiger partial charge in [0.1, 0.15) is 0 Å². The molecule has 0 heterocycles. The van der Waals surface area contributed by atoms with Crippen molar-refractivity contribution in [3.63, 3.8) is 0 Å². The highest BCUT2D eigenvalue weighted by Crippen LogP contribution is 2.33. The molecule has 0 spiro atoms. The number of nitrogens with one attached hydrogen (secondary N) is 1. The maximum atomic E-state index is 12.5. The van der Waals surface area contributed by atoms with Gasteiger partial charge in [-0.1, -0.05) is 48.6 Å². The summed E-state index contributed by atoms with van der Waals surface area (Å²) >= 11 is 0. The minimum absolute atomic E-state index is 0.0351. The molecule has 4 rings (SSSR count). The molecule has 0 bridgehead atoms. The van der Waals surface area contributed by atoms with E-state index in [0.29, 0.717) is 0 Å². The molecule has 2 heteroatoms. The Labute approximate surface area is 118 Å². The summed E-state index contributed by atoms with van der Waals surface area (Å²) in [7, 11) is 0. The summed E-state index contributed by atoms with van der Waals surface area (Å²) in [5.41, 5.74) is 5.61. The lowest BCUT2D eigenvalue weighted by Crippen LogP contribution is -2.28. The van der Waals surface area contributed by atoms with E-state index in [-0.39, 0.29) is 11.9 Å². The van der Waals surface area contributed by atoms with E-state index in [1.165, 1.54) is 11.1 Å². The van der Waals surface area contributed by atoms with Crippen molar-refractivity contribution in [2.45, 2.75) is 18.9 Å². The molecule has 20 heavy (non-hydrogen) atoms. The molecule has 3 aliphatic carbocycles. The molecule has 1 aromatic rings. The van der Waals surface area contributed by atoms with Crippen LogP contribution in [0.2, 0.25) is 0 Å². The Kier molecular flexibility index (Phi) is 2.49. The van der Waals surface area contributed by atoms with Crippen LogP contribution in [0.1, 0.15) is 23.6 Å². The summed E-state index contributed by atoms with van der Waals surface area (Å²) in [6, 6.07) is 8.53. The van der Waals surface area contributed by atoms with Crippen LogP contribution in [0.3, 0.4) is 0 Å². The Morgan fingerprint density at radius 1 is 1.15 bits per heavy atom. The monoisotopic (exact) mass is 261 g/mol. The van der Waals surface area contributed by atoms with E-state index in [1.54, 1.807) is 0 Å². The Hall–Kier alpha value is -2.35. The third-order valence-corrected chi connectivity index (χ3v) is 4.25. The van der Waals surface area contributed by atoms with Crippen LogP contribution in [0.4, 0.5) is 0 Å². The van der Waals surface area contributed by atoms with Gasteiger partial charge in [-0.05, 0) is 41.2 Å². The molecule has 1 aromatic carbocycles. The molecule has 98 valence electrons. The van der Waals surface area contributed by atoms with Gasteiger partial charge in [0.05, 0.1) is 6.04 Å². The Morgan fingerprint density at radius 3 is 3.00 bits per heavy atom. The van der Waals surface area contributed by atoms with Gasteiger partial charge in [-0.3, -0.25) is 4.79 Å². The summed E-state index contributed by atoms with van der Waals surface area (Å²) in [6.07, 6.45) is 12.0. The number of aryl methyl sites for hydroxylation is 1. The van der Waals surface area contributed by atoms with Crippen LogP contribution in [0, 0.1) is 0 Å². The topological polar surface area (TPSA) is 29.1 Å². The van der Waals surface area contributed by atoms with Crippen LogP contribution in [-0.2, 0) is 11.2 Å². The van der Waals surface area contributed by atoms with Crippen molar-refractivity contribution in [3.8, 4) is 0 Å². The number of benzene rings is 1. The van der Waals surface area contributed by atoms with Crippen LogP contribution in [-0.4, -0.2) is 5.91 Å². The average Bonchev–Trinajstić information content (AvgIpc) is 3.13. The van der Waals surface area contributed by atoms with Gasteiger partial charge in [-0.2, -0.15) is 0 Å². The zero-order valence-electron chi connectivity index (χ0n) is 11.1. The molecule has 0 unspecified atom stereocenters. The molecule has 1 atom stereocenters. The van der Waals surface area contributed by atoms with Gasteiger partial charge in [0, 0.05) is 5.57 Å². The molecule has 0 aromatic heterocycles. The van der Waals surface area contributed by atoms with Crippen LogP contribution < -0.4 is 5.32 Å². The molecule has 0 fully saturated rings. The van der Waals surface area contributed by atoms with Crippen LogP contribution >= 0.6 is 0 Å². The van der Waals surface area contributed by atoms with E-state index in [9.17, 15) is 4.79 Å². The lowest BCUT2D eigenvalue weighted by molar-refractivity contribution is -0.117. The molecule has 1 amide bonds. The molecular weight excluding hydrogens is 246 g/mol. The summed E-state index contributed by atoms with van der Waals surface area (Å²) < 4.78 is 0. The number of carbonyl (C=O) groups is 1. The largest absolute Gasteiger partial charge is 0.345 e. The van der Waals surface area contributed by atoms with E-state index in [2.05, 4.69) is 23.5 Å². The Bertz CT molecular complexity index is 719. The standard InChI is InChI=1S/C18H15NO/c20-18(16-10-8-12-5-3-7-14(12)16)19-17-11-9-13-4-1-2-6-15(13)17/h1-8,10,17H,9,11H2,(H,19,20)/t17-/m0/s1. The van der Waals surface area contributed by atoms with Crippen molar-refractivity contribution in [2.24, 2.45) is 0 Å². The second-order valence-electron chi connectivity index (χ2n) is 5.41. The fourth-order valence-corrected chi connectivity index (χ4v) is 3.23. The van der Waals surface area contributed by atoms with Crippen molar-refractivity contribution in [3.05, 3.63) is 82.5 Å². The fraction of sp³-hybridized carbons (Fsp3) is 0.167. The quantitative estimate of drug-likeness (QED) is 0.870. The normalized spacial score (nSPS) is 22.0. The highest BCUT2D eigenvalue weighted by molar-refractivity contribution is 6.00. The molecule has 0 radical (unpaired) electrons. The molecule has 0 saturated heterocycles. The van der Waals surface area contributed by atoms with Crippen LogP contribution in [0.15, 0.2) is 71.4 Å². The fourth-order valence-electron chi connectivity index (χ4n) is 3.23. The van der Waals surface area contributed by atoms with Gasteiger partial charge >= 0.3 is 0 Å². The molecule has 0 saturated carbocycles. The summed E-state index contributed by atoms with van der Waals surface area (Å²) in [5.74, 6) is 0.0351. The first-order valence-electron chi connectivity index (χ1n) is 7.03. The van der Waals surface area contributed by atoms with Gasteiger partial charge < -0.3 is 5.32 Å². The SMILES string of the molecule is O=C(N[C@H]1CCc2ccccc21)C1=C2C=CC=C2C=C1. The number of allylic oxidation sites excluding steroid dienone is 6. The molecular formula is C18H15NO. The number of hydrogen-bond donors (Lipinski definition) is 1. The lowest BCUT2D eigenvalue weighted by atomic mass is 10.1. The van der Waals surface area contributed by atoms with Gasteiger partial charge in [0.2, 0.25) is 0 Å². The minimum atomic E-state index is 0.0351. The number of rotatable bonds is 2. The first-order valence-corrected chi connectivity index (χ1v) is 7.03. The number of carbonyl (C=O) groups excluding carboxylic acids is 1. The summed E-state index contributed by atoms with van der Waals surface area (Å²) in [6.45, 7) is 0. The van der Waals surface area contributed by atoms with E-state index < -0.39 is 0 Å². The minimum Gasteiger partial charge on any atom is -0.345 e. The van der Waals surface area contributed by atoms with E-state index >= 15 is 0 Å². The van der Waals surface area contributed by atoms with Crippen molar-refractivity contribution in [1.29, 1.82) is 0 Å². The molecule has 0 aliphatic heterocycles. The average molecular weight is 261 g/mol. The number of hydrogen-bond acceptors (Lipinski definition) is 1. The van der Waals surface area contributed by atoms with E-state index in [1.807, 2.05) is 36.4 Å². The summed E-state index contributed by atoms with van der Waals surface area (Å²) in [5, 5.41) is 3.18. The zero-order chi connectivity index (χ0) is 13.5. The third-order valence-electron chi connectivity index (χ3n) is 4.25. The summed E-state index contributed by atoms with van der Waals surface area (Å²) in [4.78, 5) is 12.5. The lowest BCUT2D eigenvalue weighted by Gasteiger charge is -2.14.